The third kappa shape index (κ3) is 5.89. The summed E-state index contributed by atoms with van der Waals surface area (Å²) in [5, 5.41) is 0. The number of nitrogens with zero attached hydrogens (tertiary/aromatic N) is 1. The monoisotopic (exact) mass is 227 g/mol. The molecule has 0 amide bonds. The van der Waals surface area contributed by atoms with E-state index in [2.05, 4.69) is 53.6 Å². The maximum atomic E-state index is 2.43. The molecule has 0 aliphatic heterocycles. The first kappa shape index (κ1) is 16.0. The third-order valence-corrected chi connectivity index (χ3v) is 4.37. The van der Waals surface area contributed by atoms with Crippen molar-refractivity contribution in [1.29, 1.82) is 0 Å². The highest BCUT2D eigenvalue weighted by Gasteiger charge is 2.24. The molecule has 0 aliphatic rings. The Balaban J connectivity index is 3.84. The minimum atomic E-state index is 0.524. The lowest BCUT2D eigenvalue weighted by Gasteiger charge is -2.32. The Morgan fingerprint density at radius 3 is 2.06 bits per heavy atom. The lowest BCUT2D eigenvalue weighted by atomic mass is 9.74. The van der Waals surface area contributed by atoms with Crippen molar-refractivity contribution in [2.45, 2.75) is 72.8 Å². The summed E-state index contributed by atoms with van der Waals surface area (Å²) in [5.41, 5.74) is 0.524. The van der Waals surface area contributed by atoms with Crippen LogP contribution in [-0.4, -0.2) is 25.0 Å². The van der Waals surface area contributed by atoms with Crippen LogP contribution >= 0.6 is 0 Å². The van der Waals surface area contributed by atoms with E-state index in [9.17, 15) is 0 Å². The minimum Gasteiger partial charge on any atom is -0.307 e. The zero-order chi connectivity index (χ0) is 12.8. The second-order valence-electron chi connectivity index (χ2n) is 6.38. The van der Waals surface area contributed by atoms with Crippen LogP contribution in [-0.2, 0) is 0 Å². The fourth-order valence-electron chi connectivity index (χ4n) is 2.26. The molecule has 98 valence electrons. The van der Waals surface area contributed by atoms with Crippen LogP contribution in [0.4, 0.5) is 0 Å². The van der Waals surface area contributed by atoms with E-state index in [-0.39, 0.29) is 0 Å². The molecule has 0 radical (unpaired) electrons. The predicted octanol–water partition coefficient (Wildman–Crippen LogP) is 4.57. The second-order valence-corrected chi connectivity index (χ2v) is 6.38. The van der Waals surface area contributed by atoms with Crippen molar-refractivity contribution < 1.29 is 0 Å². The van der Waals surface area contributed by atoms with E-state index in [1.165, 1.54) is 32.1 Å². The summed E-state index contributed by atoms with van der Waals surface area (Å²) in [4.78, 5) is 2.32. The van der Waals surface area contributed by atoms with Crippen molar-refractivity contribution in [2.24, 2.45) is 11.3 Å². The van der Waals surface area contributed by atoms with Gasteiger partial charge in [0.2, 0.25) is 0 Å². The number of hydrogen-bond acceptors (Lipinski definition) is 1. The largest absolute Gasteiger partial charge is 0.307 e. The first-order chi connectivity index (χ1) is 7.31. The van der Waals surface area contributed by atoms with Gasteiger partial charge in [-0.15, -0.1) is 0 Å². The molecule has 2 atom stereocenters. The van der Waals surface area contributed by atoms with E-state index in [1.54, 1.807) is 0 Å². The molecule has 0 N–H and O–H groups in total. The van der Waals surface area contributed by atoms with Crippen LogP contribution in [0.5, 0.6) is 0 Å². The summed E-state index contributed by atoms with van der Waals surface area (Å²) in [6.07, 6.45) is 6.75. The second kappa shape index (κ2) is 7.32. The van der Waals surface area contributed by atoms with Gasteiger partial charge in [-0.1, -0.05) is 47.0 Å². The van der Waals surface area contributed by atoms with Crippen LogP contribution in [0, 0.1) is 11.3 Å². The minimum absolute atomic E-state index is 0.524. The first-order valence-corrected chi connectivity index (χ1v) is 6.97. The molecule has 0 aromatic rings. The Labute approximate surface area is 104 Å². The smallest absolute Gasteiger partial charge is 0.00608 e. The SMILES string of the molecule is CCCC(C)(C)C(C)CCCC(C)N(C)C. The van der Waals surface area contributed by atoms with Gasteiger partial charge >= 0.3 is 0 Å². The molecule has 0 aromatic heterocycles. The quantitative estimate of drug-likeness (QED) is 0.587. The lowest BCUT2D eigenvalue weighted by molar-refractivity contribution is 0.188. The third-order valence-electron chi connectivity index (χ3n) is 4.37. The van der Waals surface area contributed by atoms with Gasteiger partial charge in [-0.2, -0.15) is 0 Å². The molecule has 2 unspecified atom stereocenters. The van der Waals surface area contributed by atoms with Crippen molar-refractivity contribution in [3.05, 3.63) is 0 Å². The Hall–Kier alpha value is -0.0400. The maximum absolute atomic E-state index is 2.43. The van der Waals surface area contributed by atoms with Gasteiger partial charge in [-0.05, 0) is 45.2 Å². The Kier molecular flexibility index (Phi) is 7.30. The average molecular weight is 227 g/mol. The summed E-state index contributed by atoms with van der Waals surface area (Å²) < 4.78 is 0. The van der Waals surface area contributed by atoms with Gasteiger partial charge in [0.25, 0.3) is 0 Å². The van der Waals surface area contributed by atoms with E-state index < -0.39 is 0 Å². The van der Waals surface area contributed by atoms with Gasteiger partial charge in [0, 0.05) is 6.04 Å². The zero-order valence-corrected chi connectivity index (χ0v) is 12.6. The van der Waals surface area contributed by atoms with Gasteiger partial charge in [-0.3, -0.25) is 0 Å². The van der Waals surface area contributed by atoms with Gasteiger partial charge in [0.05, 0.1) is 0 Å². The molecule has 0 aliphatic carbocycles. The topological polar surface area (TPSA) is 3.24 Å². The zero-order valence-electron chi connectivity index (χ0n) is 12.6. The van der Waals surface area contributed by atoms with Crippen molar-refractivity contribution >= 4 is 0 Å². The predicted molar refractivity (Wildman–Crippen MR) is 74.9 cm³/mol. The summed E-state index contributed by atoms with van der Waals surface area (Å²) in [5.74, 6) is 0.849. The van der Waals surface area contributed by atoms with Gasteiger partial charge < -0.3 is 4.90 Å². The highest BCUT2D eigenvalue weighted by molar-refractivity contribution is 4.75. The first-order valence-electron chi connectivity index (χ1n) is 6.97. The summed E-state index contributed by atoms with van der Waals surface area (Å²) in [7, 11) is 4.35. The van der Waals surface area contributed by atoms with Gasteiger partial charge in [0.15, 0.2) is 0 Å². The van der Waals surface area contributed by atoms with E-state index in [4.69, 9.17) is 0 Å². The fraction of sp³-hybridized carbons (Fsp3) is 1.00. The molecule has 0 spiro atoms. The Morgan fingerprint density at radius 1 is 1.06 bits per heavy atom. The molecular weight excluding hydrogens is 194 g/mol. The number of hydrogen-bond donors (Lipinski definition) is 0. The molecule has 0 saturated carbocycles. The molecule has 0 saturated heterocycles. The summed E-state index contributed by atoms with van der Waals surface area (Å²) in [6.45, 7) is 11.9. The van der Waals surface area contributed by atoms with Crippen LogP contribution in [0.3, 0.4) is 0 Å². The van der Waals surface area contributed by atoms with Crippen LogP contribution in [0.15, 0.2) is 0 Å². The maximum Gasteiger partial charge on any atom is 0.00608 e. The lowest BCUT2D eigenvalue weighted by Crippen LogP contribution is -2.25. The van der Waals surface area contributed by atoms with Crippen LogP contribution in [0.2, 0.25) is 0 Å². The number of rotatable bonds is 8. The van der Waals surface area contributed by atoms with E-state index in [0.29, 0.717) is 5.41 Å². The van der Waals surface area contributed by atoms with Gasteiger partial charge in [-0.25, -0.2) is 0 Å². The molecule has 0 rings (SSSR count). The highest BCUT2D eigenvalue weighted by atomic mass is 15.1. The standard InChI is InChI=1S/C15H33N/c1-8-12-15(4,5)13(2)10-9-11-14(3)16(6)7/h13-14H,8-12H2,1-7H3. The molecular formula is C15H33N. The van der Waals surface area contributed by atoms with E-state index in [0.717, 1.165) is 12.0 Å². The van der Waals surface area contributed by atoms with Crippen LogP contribution in [0.25, 0.3) is 0 Å². The molecule has 0 aromatic carbocycles. The molecule has 1 heteroatoms. The molecule has 0 bridgehead atoms. The Morgan fingerprint density at radius 2 is 1.62 bits per heavy atom. The highest BCUT2D eigenvalue weighted by Crippen LogP contribution is 2.34. The normalized spacial score (nSPS) is 16.5. The molecule has 0 fully saturated rings. The molecule has 0 heterocycles. The fourth-order valence-corrected chi connectivity index (χ4v) is 2.26. The Bertz CT molecular complexity index is 172. The van der Waals surface area contributed by atoms with Gasteiger partial charge in [0.1, 0.15) is 0 Å². The van der Waals surface area contributed by atoms with Crippen LogP contribution < -0.4 is 0 Å². The van der Waals surface area contributed by atoms with Crippen molar-refractivity contribution in [2.75, 3.05) is 14.1 Å². The molecule has 1 nitrogen and oxygen atoms in total. The average Bonchev–Trinajstić information content (AvgIpc) is 2.16. The molecule has 16 heavy (non-hydrogen) atoms. The van der Waals surface area contributed by atoms with Crippen LogP contribution in [0.1, 0.15) is 66.7 Å². The van der Waals surface area contributed by atoms with E-state index in [1.807, 2.05) is 0 Å². The van der Waals surface area contributed by atoms with E-state index >= 15 is 0 Å². The van der Waals surface area contributed by atoms with Crippen molar-refractivity contribution in [3.8, 4) is 0 Å². The van der Waals surface area contributed by atoms with Crippen molar-refractivity contribution in [3.63, 3.8) is 0 Å². The summed E-state index contributed by atoms with van der Waals surface area (Å²) in [6, 6.07) is 0.724. The van der Waals surface area contributed by atoms with Crippen molar-refractivity contribution in [1.82, 2.24) is 4.90 Å². The summed E-state index contributed by atoms with van der Waals surface area (Å²) >= 11 is 0.